The topological polar surface area (TPSA) is 17.1 Å². The lowest BCUT2D eigenvalue weighted by molar-refractivity contribution is -0.121. The third kappa shape index (κ3) is 3.44. The van der Waals surface area contributed by atoms with E-state index in [1.165, 1.54) is 22.3 Å². The molecule has 0 saturated heterocycles. The first-order chi connectivity index (χ1) is 8.12. The Morgan fingerprint density at radius 2 is 1.56 bits per heavy atom. The van der Waals surface area contributed by atoms with Crippen molar-refractivity contribution in [1.82, 2.24) is 0 Å². The summed E-state index contributed by atoms with van der Waals surface area (Å²) in [5.41, 5.74) is 5.21. The molecule has 100 valence electrons. The van der Waals surface area contributed by atoms with Crippen LogP contribution in [0.4, 0.5) is 0 Å². The summed E-state index contributed by atoms with van der Waals surface area (Å²) >= 11 is 0. The zero-order chi connectivity index (χ0) is 14.1. The van der Waals surface area contributed by atoms with Gasteiger partial charge in [-0.05, 0) is 41.5 Å². The molecule has 1 aromatic carbocycles. The number of ketones is 1. The Morgan fingerprint density at radius 1 is 1.11 bits per heavy atom. The Balaban J connectivity index is 3.14. The fourth-order valence-electron chi connectivity index (χ4n) is 2.08. The predicted molar refractivity (Wildman–Crippen MR) is 78.2 cm³/mol. The average molecular weight is 246 g/mol. The molecule has 1 heteroatoms. The van der Waals surface area contributed by atoms with Gasteiger partial charge in [0.15, 0.2) is 0 Å². The van der Waals surface area contributed by atoms with Crippen LogP contribution in [0.1, 0.15) is 56.9 Å². The largest absolute Gasteiger partial charge is 0.299 e. The van der Waals surface area contributed by atoms with Crippen LogP contribution in [0.3, 0.4) is 0 Å². The lowest BCUT2D eigenvalue weighted by atomic mass is 9.83. The zero-order valence-electron chi connectivity index (χ0n) is 12.8. The highest BCUT2D eigenvalue weighted by Crippen LogP contribution is 2.27. The van der Waals surface area contributed by atoms with Crippen molar-refractivity contribution in [3.63, 3.8) is 0 Å². The van der Waals surface area contributed by atoms with Crippen molar-refractivity contribution < 1.29 is 4.79 Å². The Labute approximate surface area is 112 Å². The van der Waals surface area contributed by atoms with Gasteiger partial charge in [0.1, 0.15) is 5.78 Å². The quantitative estimate of drug-likeness (QED) is 0.774. The highest BCUT2D eigenvalue weighted by molar-refractivity contribution is 5.83. The summed E-state index contributed by atoms with van der Waals surface area (Å²) in [4.78, 5) is 11.9. The minimum absolute atomic E-state index is 0.117. The van der Waals surface area contributed by atoms with Gasteiger partial charge in [-0.3, -0.25) is 4.79 Å². The summed E-state index contributed by atoms with van der Waals surface area (Å²) in [6.07, 6.45) is 0.569. The molecular formula is C17H26O. The summed E-state index contributed by atoms with van der Waals surface area (Å²) in [7, 11) is 0. The number of carbonyl (C=O) groups excluding carboxylic acids is 1. The second kappa shape index (κ2) is 5.26. The van der Waals surface area contributed by atoms with Crippen LogP contribution >= 0.6 is 0 Å². The monoisotopic (exact) mass is 246 g/mol. The molecule has 18 heavy (non-hydrogen) atoms. The van der Waals surface area contributed by atoms with Crippen LogP contribution in [0.15, 0.2) is 12.1 Å². The van der Waals surface area contributed by atoms with Crippen molar-refractivity contribution >= 4 is 5.78 Å². The molecule has 1 rings (SSSR count). The smallest absolute Gasteiger partial charge is 0.139 e. The van der Waals surface area contributed by atoms with Gasteiger partial charge in [0, 0.05) is 12.3 Å². The van der Waals surface area contributed by atoms with Crippen LogP contribution in [-0.4, -0.2) is 5.78 Å². The van der Waals surface area contributed by atoms with Gasteiger partial charge >= 0.3 is 0 Å². The second-order valence-corrected chi connectivity index (χ2v) is 6.64. The molecule has 0 aliphatic heterocycles. The molecule has 1 nitrogen and oxygen atoms in total. The van der Waals surface area contributed by atoms with E-state index in [1.54, 1.807) is 0 Å². The minimum Gasteiger partial charge on any atom is -0.299 e. The molecule has 0 amide bonds. The van der Waals surface area contributed by atoms with Crippen molar-refractivity contribution in [1.29, 1.82) is 0 Å². The summed E-state index contributed by atoms with van der Waals surface area (Å²) in [6.45, 7) is 14.8. The molecule has 0 unspecified atom stereocenters. The van der Waals surface area contributed by atoms with Crippen molar-refractivity contribution in [2.24, 2.45) is 5.92 Å². The molecule has 0 aromatic heterocycles. The van der Waals surface area contributed by atoms with Crippen molar-refractivity contribution in [3.8, 4) is 0 Å². The van der Waals surface area contributed by atoms with Crippen LogP contribution in [0, 0.1) is 19.8 Å². The SMILES string of the molecule is Cc1cc(C(C)(C)C)cc(C)c1CC(=O)C(C)C. The van der Waals surface area contributed by atoms with Crippen LogP contribution in [0.5, 0.6) is 0 Å². The van der Waals surface area contributed by atoms with Crippen LogP contribution in [-0.2, 0) is 16.6 Å². The van der Waals surface area contributed by atoms with Gasteiger partial charge in [-0.1, -0.05) is 46.8 Å². The highest BCUT2D eigenvalue weighted by Gasteiger charge is 2.18. The third-order valence-corrected chi connectivity index (χ3v) is 3.56. The molecule has 0 bridgehead atoms. The van der Waals surface area contributed by atoms with Crippen molar-refractivity contribution in [2.45, 2.75) is 60.3 Å². The number of Topliss-reactive ketones (excluding diaryl/α,β-unsaturated/α-hetero) is 1. The minimum atomic E-state index is 0.117. The van der Waals surface area contributed by atoms with Crippen LogP contribution < -0.4 is 0 Å². The predicted octanol–water partition coefficient (Wildman–Crippen LogP) is 4.37. The maximum Gasteiger partial charge on any atom is 0.139 e. The molecule has 0 fully saturated rings. The summed E-state index contributed by atoms with van der Waals surface area (Å²) in [5.74, 6) is 0.441. The van der Waals surface area contributed by atoms with E-state index in [-0.39, 0.29) is 11.3 Å². The standard InChI is InChI=1S/C17H26O/c1-11(2)16(18)10-15-12(3)8-14(9-13(15)4)17(5,6)7/h8-9,11H,10H2,1-7H3. The molecule has 1 aromatic rings. The maximum atomic E-state index is 11.9. The van der Waals surface area contributed by atoms with Gasteiger partial charge < -0.3 is 0 Å². The molecule has 0 N–H and O–H groups in total. The van der Waals surface area contributed by atoms with E-state index in [0.717, 1.165) is 0 Å². The summed E-state index contributed by atoms with van der Waals surface area (Å²) in [6, 6.07) is 4.46. The summed E-state index contributed by atoms with van der Waals surface area (Å²) < 4.78 is 0. The fourth-order valence-corrected chi connectivity index (χ4v) is 2.08. The number of hydrogen-bond donors (Lipinski definition) is 0. The molecular weight excluding hydrogens is 220 g/mol. The molecule has 0 atom stereocenters. The van der Waals surface area contributed by atoms with Crippen molar-refractivity contribution in [2.75, 3.05) is 0 Å². The normalized spacial score (nSPS) is 12.0. The van der Waals surface area contributed by atoms with Gasteiger partial charge in [-0.25, -0.2) is 0 Å². The summed E-state index contributed by atoms with van der Waals surface area (Å²) in [5, 5.41) is 0. The fraction of sp³-hybridized carbons (Fsp3) is 0.588. The molecule has 0 aliphatic rings. The highest BCUT2D eigenvalue weighted by atomic mass is 16.1. The Hall–Kier alpha value is -1.11. The van der Waals surface area contributed by atoms with E-state index >= 15 is 0 Å². The number of aryl methyl sites for hydroxylation is 2. The van der Waals surface area contributed by atoms with E-state index in [2.05, 4.69) is 46.8 Å². The Kier molecular flexibility index (Phi) is 4.37. The first kappa shape index (κ1) is 14.9. The van der Waals surface area contributed by atoms with E-state index in [1.807, 2.05) is 13.8 Å². The van der Waals surface area contributed by atoms with Crippen LogP contribution in [0.25, 0.3) is 0 Å². The second-order valence-electron chi connectivity index (χ2n) is 6.64. The van der Waals surface area contributed by atoms with E-state index < -0.39 is 0 Å². The number of hydrogen-bond acceptors (Lipinski definition) is 1. The van der Waals surface area contributed by atoms with Crippen LogP contribution in [0.2, 0.25) is 0 Å². The van der Waals surface area contributed by atoms with E-state index in [0.29, 0.717) is 12.2 Å². The lowest BCUT2D eigenvalue weighted by Gasteiger charge is -2.22. The van der Waals surface area contributed by atoms with Crippen molar-refractivity contribution in [3.05, 3.63) is 34.4 Å². The lowest BCUT2D eigenvalue weighted by Crippen LogP contribution is -2.15. The maximum absolute atomic E-state index is 11.9. The first-order valence-corrected chi connectivity index (χ1v) is 6.76. The molecule has 0 radical (unpaired) electrons. The zero-order valence-corrected chi connectivity index (χ0v) is 12.8. The third-order valence-electron chi connectivity index (χ3n) is 3.56. The van der Waals surface area contributed by atoms with Gasteiger partial charge in [-0.2, -0.15) is 0 Å². The molecule has 0 heterocycles. The van der Waals surface area contributed by atoms with Gasteiger partial charge in [0.2, 0.25) is 0 Å². The van der Waals surface area contributed by atoms with E-state index in [9.17, 15) is 4.79 Å². The average Bonchev–Trinajstić information content (AvgIpc) is 2.21. The Morgan fingerprint density at radius 3 is 1.89 bits per heavy atom. The first-order valence-electron chi connectivity index (χ1n) is 6.76. The van der Waals surface area contributed by atoms with Gasteiger partial charge in [0.05, 0.1) is 0 Å². The molecule has 0 spiro atoms. The number of benzene rings is 1. The number of rotatable bonds is 3. The Bertz CT molecular complexity index is 424. The molecule has 0 saturated carbocycles. The number of carbonyl (C=O) groups is 1. The van der Waals surface area contributed by atoms with E-state index in [4.69, 9.17) is 0 Å². The van der Waals surface area contributed by atoms with Gasteiger partial charge in [0.25, 0.3) is 0 Å². The van der Waals surface area contributed by atoms with Gasteiger partial charge in [-0.15, -0.1) is 0 Å². The molecule has 0 aliphatic carbocycles.